The Bertz CT molecular complexity index is 530. The predicted octanol–water partition coefficient (Wildman–Crippen LogP) is 1.86. The first-order valence-corrected chi connectivity index (χ1v) is 9.28. The molecular formula is C19H32N4O2. The van der Waals surface area contributed by atoms with E-state index in [1.165, 1.54) is 0 Å². The Morgan fingerprint density at radius 2 is 2.08 bits per heavy atom. The Kier molecular flexibility index (Phi) is 8.55. The minimum atomic E-state index is 0.453. The van der Waals surface area contributed by atoms with Crippen molar-refractivity contribution in [2.75, 3.05) is 46.0 Å². The molecule has 1 saturated heterocycles. The van der Waals surface area contributed by atoms with Gasteiger partial charge in [-0.15, -0.1) is 0 Å². The number of ether oxygens (including phenoxy) is 2. The number of hydrogen-bond donors (Lipinski definition) is 2. The summed E-state index contributed by atoms with van der Waals surface area (Å²) in [6.07, 6.45) is 0. The zero-order chi connectivity index (χ0) is 17.9. The fourth-order valence-electron chi connectivity index (χ4n) is 2.80. The molecule has 2 N–H and O–H groups in total. The van der Waals surface area contributed by atoms with Gasteiger partial charge in [-0.25, -0.2) is 4.99 Å². The highest BCUT2D eigenvalue weighted by Gasteiger charge is 2.16. The summed E-state index contributed by atoms with van der Waals surface area (Å²) in [5, 5.41) is 6.77. The molecular weight excluding hydrogens is 316 g/mol. The van der Waals surface area contributed by atoms with Crippen molar-refractivity contribution in [1.29, 1.82) is 0 Å². The molecule has 6 heteroatoms. The van der Waals surface area contributed by atoms with Crippen LogP contribution in [0.4, 0.5) is 0 Å². The second-order valence-electron chi connectivity index (χ2n) is 6.15. The zero-order valence-corrected chi connectivity index (χ0v) is 15.8. The molecule has 1 fully saturated rings. The molecule has 2 rings (SSSR count). The normalized spacial score (nSPS) is 17.2. The predicted molar refractivity (Wildman–Crippen MR) is 102 cm³/mol. The van der Waals surface area contributed by atoms with Gasteiger partial charge in [0.1, 0.15) is 5.75 Å². The maximum Gasteiger partial charge on any atom is 0.191 e. The summed E-state index contributed by atoms with van der Waals surface area (Å²) in [4.78, 5) is 7.15. The van der Waals surface area contributed by atoms with Crippen molar-refractivity contribution >= 4 is 5.96 Å². The minimum absolute atomic E-state index is 0.453. The third-order valence-corrected chi connectivity index (χ3v) is 4.21. The van der Waals surface area contributed by atoms with Gasteiger partial charge >= 0.3 is 0 Å². The summed E-state index contributed by atoms with van der Waals surface area (Å²) in [7, 11) is 0. The second kappa shape index (κ2) is 10.9. The van der Waals surface area contributed by atoms with Gasteiger partial charge in [0.25, 0.3) is 0 Å². The molecule has 6 nitrogen and oxygen atoms in total. The number of benzene rings is 1. The number of nitrogens with one attached hydrogen (secondary N) is 2. The zero-order valence-electron chi connectivity index (χ0n) is 15.8. The lowest BCUT2D eigenvalue weighted by Gasteiger charge is -2.32. The molecule has 0 aliphatic carbocycles. The Balaban J connectivity index is 1.87. The standard InChI is InChI=1S/C19H32N4O2/c1-4-20-19(21-14-16(3)23-9-11-24-12-10-23)22-15-17-7-6-8-18(13-17)25-5-2/h6-8,13,16H,4-5,9-12,14-15H2,1-3H3,(H2,20,21,22). The maximum atomic E-state index is 5.55. The largest absolute Gasteiger partial charge is 0.494 e. The van der Waals surface area contributed by atoms with Gasteiger partial charge in [0.05, 0.1) is 26.4 Å². The van der Waals surface area contributed by atoms with Crippen LogP contribution in [-0.4, -0.2) is 62.9 Å². The van der Waals surface area contributed by atoms with E-state index in [0.29, 0.717) is 19.2 Å². The fraction of sp³-hybridized carbons (Fsp3) is 0.632. The Morgan fingerprint density at radius 3 is 2.80 bits per heavy atom. The summed E-state index contributed by atoms with van der Waals surface area (Å²) in [5.41, 5.74) is 1.14. The first kappa shape index (κ1) is 19.5. The highest BCUT2D eigenvalue weighted by molar-refractivity contribution is 5.79. The van der Waals surface area contributed by atoms with Crippen molar-refractivity contribution in [3.8, 4) is 5.75 Å². The van der Waals surface area contributed by atoms with Crippen LogP contribution in [0, 0.1) is 0 Å². The van der Waals surface area contributed by atoms with E-state index in [2.05, 4.69) is 35.4 Å². The molecule has 0 radical (unpaired) electrons. The lowest BCUT2D eigenvalue weighted by atomic mass is 10.2. The van der Waals surface area contributed by atoms with Gasteiger partial charge in [-0.05, 0) is 38.5 Å². The third-order valence-electron chi connectivity index (χ3n) is 4.21. The van der Waals surface area contributed by atoms with Crippen LogP contribution in [0.5, 0.6) is 5.75 Å². The third kappa shape index (κ3) is 6.92. The topological polar surface area (TPSA) is 58.1 Å². The van der Waals surface area contributed by atoms with E-state index in [9.17, 15) is 0 Å². The number of guanidine groups is 1. The summed E-state index contributed by atoms with van der Waals surface area (Å²) >= 11 is 0. The molecule has 1 aromatic rings. The summed E-state index contributed by atoms with van der Waals surface area (Å²) in [5.74, 6) is 1.75. The average Bonchev–Trinajstić information content (AvgIpc) is 2.65. The van der Waals surface area contributed by atoms with E-state index in [4.69, 9.17) is 14.5 Å². The van der Waals surface area contributed by atoms with E-state index in [0.717, 1.165) is 56.7 Å². The van der Waals surface area contributed by atoms with Crippen LogP contribution in [0.2, 0.25) is 0 Å². The molecule has 1 heterocycles. The highest BCUT2D eigenvalue weighted by atomic mass is 16.5. The van der Waals surface area contributed by atoms with Gasteiger partial charge < -0.3 is 20.1 Å². The van der Waals surface area contributed by atoms with Crippen molar-refractivity contribution < 1.29 is 9.47 Å². The van der Waals surface area contributed by atoms with Crippen LogP contribution in [0.1, 0.15) is 26.3 Å². The number of rotatable bonds is 8. The number of hydrogen-bond acceptors (Lipinski definition) is 4. The molecule has 1 aliphatic heterocycles. The molecule has 0 aromatic heterocycles. The van der Waals surface area contributed by atoms with E-state index < -0.39 is 0 Å². The Labute approximate surface area is 151 Å². The van der Waals surface area contributed by atoms with Crippen molar-refractivity contribution in [2.45, 2.75) is 33.4 Å². The summed E-state index contributed by atoms with van der Waals surface area (Å²) in [6.45, 7) is 13.0. The van der Waals surface area contributed by atoms with Crippen LogP contribution in [0.25, 0.3) is 0 Å². The molecule has 1 atom stereocenters. The van der Waals surface area contributed by atoms with Gasteiger partial charge in [0.15, 0.2) is 5.96 Å². The molecule has 0 amide bonds. The van der Waals surface area contributed by atoms with Gasteiger partial charge in [-0.3, -0.25) is 4.90 Å². The molecule has 1 aliphatic rings. The summed E-state index contributed by atoms with van der Waals surface area (Å²) < 4.78 is 11.0. The molecule has 1 unspecified atom stereocenters. The summed E-state index contributed by atoms with van der Waals surface area (Å²) in [6, 6.07) is 8.56. The first-order valence-electron chi connectivity index (χ1n) is 9.28. The lowest BCUT2D eigenvalue weighted by molar-refractivity contribution is 0.0211. The lowest BCUT2D eigenvalue weighted by Crippen LogP contribution is -2.49. The smallest absolute Gasteiger partial charge is 0.191 e. The number of morpholine rings is 1. The van der Waals surface area contributed by atoms with Gasteiger partial charge in [-0.2, -0.15) is 0 Å². The van der Waals surface area contributed by atoms with E-state index in [1.807, 2.05) is 25.1 Å². The van der Waals surface area contributed by atoms with Gasteiger partial charge in [-0.1, -0.05) is 12.1 Å². The molecule has 140 valence electrons. The monoisotopic (exact) mass is 348 g/mol. The number of nitrogens with zero attached hydrogens (tertiary/aromatic N) is 2. The Morgan fingerprint density at radius 1 is 1.28 bits per heavy atom. The Hall–Kier alpha value is -1.79. The highest BCUT2D eigenvalue weighted by Crippen LogP contribution is 2.13. The van der Waals surface area contributed by atoms with Crippen LogP contribution in [0.15, 0.2) is 29.3 Å². The molecule has 25 heavy (non-hydrogen) atoms. The minimum Gasteiger partial charge on any atom is -0.494 e. The van der Waals surface area contributed by atoms with E-state index >= 15 is 0 Å². The molecule has 0 spiro atoms. The van der Waals surface area contributed by atoms with Crippen LogP contribution in [-0.2, 0) is 11.3 Å². The quantitative estimate of drug-likeness (QED) is 0.555. The van der Waals surface area contributed by atoms with Crippen LogP contribution in [0.3, 0.4) is 0 Å². The van der Waals surface area contributed by atoms with Crippen molar-refractivity contribution in [1.82, 2.24) is 15.5 Å². The van der Waals surface area contributed by atoms with E-state index in [1.54, 1.807) is 0 Å². The maximum absolute atomic E-state index is 5.55. The van der Waals surface area contributed by atoms with Crippen molar-refractivity contribution in [2.24, 2.45) is 4.99 Å². The van der Waals surface area contributed by atoms with E-state index in [-0.39, 0.29) is 0 Å². The fourth-order valence-corrected chi connectivity index (χ4v) is 2.80. The van der Waals surface area contributed by atoms with Crippen molar-refractivity contribution in [3.63, 3.8) is 0 Å². The first-order chi connectivity index (χ1) is 12.2. The van der Waals surface area contributed by atoms with Gasteiger partial charge in [0, 0.05) is 32.2 Å². The van der Waals surface area contributed by atoms with Crippen molar-refractivity contribution in [3.05, 3.63) is 29.8 Å². The van der Waals surface area contributed by atoms with Crippen LogP contribution < -0.4 is 15.4 Å². The van der Waals surface area contributed by atoms with Gasteiger partial charge in [0.2, 0.25) is 0 Å². The SMILES string of the molecule is CCNC(=NCc1cccc(OCC)c1)NCC(C)N1CCOCC1. The second-order valence-corrected chi connectivity index (χ2v) is 6.15. The average molecular weight is 348 g/mol. The molecule has 1 aromatic carbocycles. The number of aliphatic imine (C=N–C) groups is 1. The van der Waals surface area contributed by atoms with Crippen LogP contribution >= 0.6 is 0 Å². The molecule has 0 bridgehead atoms. The molecule has 0 saturated carbocycles.